The fourth-order valence-electron chi connectivity index (χ4n) is 4.50. The lowest BCUT2D eigenvalue weighted by Gasteiger charge is -2.39. The van der Waals surface area contributed by atoms with Gasteiger partial charge in [-0.25, -0.2) is 0 Å². The van der Waals surface area contributed by atoms with Gasteiger partial charge < -0.3 is 9.80 Å². The Kier molecular flexibility index (Phi) is 7.42. The van der Waals surface area contributed by atoms with E-state index in [1.54, 1.807) is 16.2 Å². The van der Waals surface area contributed by atoms with Gasteiger partial charge in [0.2, 0.25) is 11.8 Å². The van der Waals surface area contributed by atoms with E-state index in [0.29, 0.717) is 19.0 Å². The lowest BCUT2D eigenvalue weighted by atomic mass is 9.85. The molecule has 1 aliphatic rings. The summed E-state index contributed by atoms with van der Waals surface area (Å²) in [5.74, 6) is 0.355. The topological polar surface area (TPSA) is 40.6 Å². The van der Waals surface area contributed by atoms with Crippen LogP contribution in [0.15, 0.2) is 35.7 Å². The van der Waals surface area contributed by atoms with Crippen LogP contribution in [-0.2, 0) is 21.4 Å². The van der Waals surface area contributed by atoms with Crippen LogP contribution in [-0.4, -0.2) is 41.2 Å². The summed E-state index contributed by atoms with van der Waals surface area (Å²) in [5.41, 5.74) is 3.21. The van der Waals surface area contributed by atoms with Crippen LogP contribution >= 0.6 is 11.3 Å². The molecule has 4 nitrogen and oxygen atoms in total. The predicted octanol–water partition coefficient (Wildman–Crippen LogP) is 6.05. The Bertz CT molecular complexity index is 977. The van der Waals surface area contributed by atoms with Gasteiger partial charge in [-0.2, -0.15) is 0 Å². The summed E-state index contributed by atoms with van der Waals surface area (Å²) in [7, 11) is 0. The van der Waals surface area contributed by atoms with Gasteiger partial charge in [-0.3, -0.25) is 9.59 Å². The van der Waals surface area contributed by atoms with Gasteiger partial charge in [-0.05, 0) is 45.9 Å². The molecule has 2 aromatic rings. The quantitative estimate of drug-likeness (QED) is 0.536. The van der Waals surface area contributed by atoms with Gasteiger partial charge in [0.05, 0.1) is 12.6 Å². The normalized spacial score (nSPS) is 16.6. The van der Waals surface area contributed by atoms with E-state index in [1.807, 2.05) is 25.7 Å². The summed E-state index contributed by atoms with van der Waals surface area (Å²) in [6.45, 7) is 18.0. The molecular weight excluding hydrogens is 428 g/mol. The Morgan fingerprint density at radius 3 is 2.24 bits per heavy atom. The maximum Gasteiger partial charge on any atom is 0.242 e. The van der Waals surface area contributed by atoms with Gasteiger partial charge >= 0.3 is 0 Å². The highest BCUT2D eigenvalue weighted by Gasteiger charge is 2.36. The molecule has 1 aliphatic heterocycles. The summed E-state index contributed by atoms with van der Waals surface area (Å²) in [6, 6.07) is 10.8. The Labute approximate surface area is 204 Å². The van der Waals surface area contributed by atoms with Crippen LogP contribution in [0.5, 0.6) is 0 Å². The van der Waals surface area contributed by atoms with Gasteiger partial charge in [-0.15, -0.1) is 11.3 Å². The van der Waals surface area contributed by atoms with Gasteiger partial charge in [0.25, 0.3) is 0 Å². The van der Waals surface area contributed by atoms with Crippen molar-refractivity contribution in [2.24, 2.45) is 11.3 Å². The second-order valence-electron chi connectivity index (χ2n) is 11.7. The number of fused-ring (bicyclic) bond motifs is 1. The number of hydrogen-bond acceptors (Lipinski definition) is 3. The third kappa shape index (κ3) is 5.87. The summed E-state index contributed by atoms with van der Waals surface area (Å²) in [4.78, 5) is 31.9. The minimum absolute atomic E-state index is 0.0231. The van der Waals surface area contributed by atoms with Crippen LogP contribution in [0.1, 0.15) is 83.0 Å². The second-order valence-corrected chi connectivity index (χ2v) is 12.7. The maximum atomic E-state index is 13.7. The highest BCUT2D eigenvalue weighted by molar-refractivity contribution is 7.10. The number of benzene rings is 1. The largest absolute Gasteiger partial charge is 0.333 e. The van der Waals surface area contributed by atoms with Crippen molar-refractivity contribution in [1.82, 2.24) is 9.80 Å². The first-order valence-electron chi connectivity index (χ1n) is 12.0. The predicted molar refractivity (Wildman–Crippen MR) is 138 cm³/mol. The molecule has 0 saturated carbocycles. The van der Waals surface area contributed by atoms with Crippen LogP contribution in [0.2, 0.25) is 0 Å². The number of thiophene rings is 1. The highest BCUT2D eigenvalue weighted by Crippen LogP contribution is 2.38. The molecule has 0 aliphatic carbocycles. The van der Waals surface area contributed by atoms with E-state index in [-0.39, 0.29) is 29.8 Å². The van der Waals surface area contributed by atoms with E-state index < -0.39 is 5.41 Å². The fraction of sp³-hybridized carbons (Fsp3) is 0.571. The number of nitrogens with zero attached hydrogens (tertiary/aromatic N) is 2. The van der Waals surface area contributed by atoms with E-state index in [0.717, 1.165) is 12.0 Å². The molecule has 0 bridgehead atoms. The Morgan fingerprint density at radius 2 is 1.70 bits per heavy atom. The smallest absolute Gasteiger partial charge is 0.242 e. The second kappa shape index (κ2) is 9.61. The number of rotatable bonds is 5. The molecule has 5 heteroatoms. The van der Waals surface area contributed by atoms with Crippen molar-refractivity contribution >= 4 is 23.2 Å². The average molecular weight is 469 g/mol. The molecule has 1 unspecified atom stereocenters. The number of hydrogen-bond donors (Lipinski definition) is 0. The van der Waals surface area contributed by atoms with Crippen molar-refractivity contribution in [3.8, 4) is 0 Å². The van der Waals surface area contributed by atoms with E-state index in [1.165, 1.54) is 16.0 Å². The fourth-order valence-corrected chi connectivity index (χ4v) is 5.40. The van der Waals surface area contributed by atoms with Crippen LogP contribution in [0, 0.1) is 11.3 Å². The zero-order chi connectivity index (χ0) is 24.6. The summed E-state index contributed by atoms with van der Waals surface area (Å²) < 4.78 is 0. The first-order valence-corrected chi connectivity index (χ1v) is 12.9. The van der Waals surface area contributed by atoms with Gasteiger partial charge in [-0.1, -0.05) is 79.7 Å². The van der Waals surface area contributed by atoms with Gasteiger partial charge in [0, 0.05) is 23.4 Å². The lowest BCUT2D eigenvalue weighted by molar-refractivity contribution is -0.146. The molecule has 33 heavy (non-hydrogen) atoms. The van der Waals surface area contributed by atoms with E-state index in [2.05, 4.69) is 70.3 Å². The molecule has 0 fully saturated rings. The Hall–Kier alpha value is -2.14. The number of carbonyl (C=O) groups is 2. The molecule has 2 heterocycles. The molecule has 3 rings (SSSR count). The van der Waals surface area contributed by atoms with Crippen molar-refractivity contribution in [3.05, 3.63) is 57.3 Å². The SMILES string of the molecule is CC(C)CN(CC(=O)N1CCc2sccc2C1c1ccc(C(C)(C)C)cc1)C(=O)C(C)(C)C. The lowest BCUT2D eigenvalue weighted by Crippen LogP contribution is -2.49. The third-order valence-electron chi connectivity index (χ3n) is 6.22. The number of carbonyl (C=O) groups excluding carboxylic acids is 2. The molecule has 0 N–H and O–H groups in total. The minimum atomic E-state index is -0.514. The molecule has 1 aromatic heterocycles. The van der Waals surface area contributed by atoms with E-state index in [4.69, 9.17) is 0 Å². The molecule has 0 radical (unpaired) electrons. The third-order valence-corrected chi connectivity index (χ3v) is 7.22. The molecule has 1 atom stereocenters. The zero-order valence-electron chi connectivity index (χ0n) is 21.6. The summed E-state index contributed by atoms with van der Waals surface area (Å²) >= 11 is 1.77. The van der Waals surface area contributed by atoms with Crippen molar-refractivity contribution < 1.29 is 9.59 Å². The van der Waals surface area contributed by atoms with E-state index in [9.17, 15) is 9.59 Å². The molecular formula is C28H40N2O2S. The molecule has 1 aromatic carbocycles. The van der Waals surface area contributed by atoms with Crippen LogP contribution < -0.4 is 0 Å². The Morgan fingerprint density at radius 1 is 1.06 bits per heavy atom. The summed E-state index contributed by atoms with van der Waals surface area (Å²) in [6.07, 6.45) is 0.868. The highest BCUT2D eigenvalue weighted by atomic mass is 32.1. The first kappa shape index (κ1) is 25.5. The Balaban J connectivity index is 1.93. The average Bonchev–Trinajstić information content (AvgIpc) is 3.19. The minimum Gasteiger partial charge on any atom is -0.333 e. The van der Waals surface area contributed by atoms with Crippen molar-refractivity contribution in [1.29, 1.82) is 0 Å². The molecule has 180 valence electrons. The van der Waals surface area contributed by atoms with Gasteiger partial charge in [0.1, 0.15) is 0 Å². The van der Waals surface area contributed by atoms with Crippen molar-refractivity contribution in [3.63, 3.8) is 0 Å². The van der Waals surface area contributed by atoms with Gasteiger partial charge in [0.15, 0.2) is 0 Å². The maximum absolute atomic E-state index is 13.7. The van der Waals surface area contributed by atoms with Crippen LogP contribution in [0.3, 0.4) is 0 Å². The van der Waals surface area contributed by atoms with Crippen LogP contribution in [0.25, 0.3) is 0 Å². The zero-order valence-corrected chi connectivity index (χ0v) is 22.4. The number of amides is 2. The van der Waals surface area contributed by atoms with Crippen LogP contribution in [0.4, 0.5) is 0 Å². The first-order chi connectivity index (χ1) is 15.3. The summed E-state index contributed by atoms with van der Waals surface area (Å²) in [5, 5.41) is 2.13. The van der Waals surface area contributed by atoms with Crippen molar-refractivity contribution in [2.75, 3.05) is 19.6 Å². The standard InChI is InChI=1S/C28H40N2O2S/c1-19(2)17-29(26(32)28(6,7)8)18-24(31)30-15-13-23-22(14-16-33-23)25(30)20-9-11-21(12-10-20)27(3,4)5/h9-12,14,16,19,25H,13,15,17-18H2,1-8H3. The van der Waals surface area contributed by atoms with Crippen molar-refractivity contribution in [2.45, 2.75) is 73.3 Å². The molecule has 0 spiro atoms. The molecule has 2 amide bonds. The molecule has 0 saturated heterocycles. The monoisotopic (exact) mass is 468 g/mol. The van der Waals surface area contributed by atoms with E-state index >= 15 is 0 Å².